The Labute approximate surface area is 112 Å². The summed E-state index contributed by atoms with van der Waals surface area (Å²) in [6.45, 7) is 2.56. The number of thioether (sulfide) groups is 1. The van der Waals surface area contributed by atoms with Gasteiger partial charge in [-0.25, -0.2) is 0 Å². The lowest BCUT2D eigenvalue weighted by Gasteiger charge is -2.13. The van der Waals surface area contributed by atoms with Gasteiger partial charge in [-0.15, -0.1) is 11.8 Å². The van der Waals surface area contributed by atoms with E-state index in [0.29, 0.717) is 18.0 Å². The number of carbonyl (C=O) groups is 1. The first kappa shape index (κ1) is 14.9. The third-order valence-corrected chi connectivity index (χ3v) is 3.69. The molecule has 0 heterocycles. The van der Waals surface area contributed by atoms with Gasteiger partial charge in [0.2, 0.25) is 5.91 Å². The zero-order valence-electron chi connectivity index (χ0n) is 10.8. The number of anilines is 1. The summed E-state index contributed by atoms with van der Waals surface area (Å²) in [6.07, 6.45) is 0.928. The number of nitrogens with one attached hydrogen (secondary N) is 1. The lowest BCUT2D eigenvalue weighted by atomic mass is 10.3. The number of hydrogen-bond acceptors (Lipinski definition) is 4. The molecule has 5 heteroatoms. The molecule has 0 aliphatic carbocycles. The van der Waals surface area contributed by atoms with Crippen LogP contribution in [0, 0.1) is 0 Å². The molecule has 0 saturated heterocycles. The van der Waals surface area contributed by atoms with Crippen LogP contribution in [0.5, 0.6) is 5.75 Å². The van der Waals surface area contributed by atoms with Crippen molar-refractivity contribution in [2.75, 3.05) is 24.7 Å². The zero-order valence-corrected chi connectivity index (χ0v) is 11.6. The maximum absolute atomic E-state index is 12.0. The highest BCUT2D eigenvalue weighted by Gasteiger charge is 2.14. The molecule has 3 N–H and O–H groups in total. The normalized spacial score (nSPS) is 11.9. The minimum Gasteiger partial charge on any atom is -0.495 e. The summed E-state index contributed by atoms with van der Waals surface area (Å²) in [5.74, 6) is 1.56. The maximum Gasteiger partial charge on any atom is 0.237 e. The Balaban J connectivity index is 2.53. The van der Waals surface area contributed by atoms with Crippen LogP contribution in [0.2, 0.25) is 0 Å². The van der Waals surface area contributed by atoms with Crippen molar-refractivity contribution in [2.24, 2.45) is 5.73 Å². The number of para-hydroxylation sites is 2. The Bertz CT molecular complexity index is 385. The number of carbonyl (C=O) groups excluding carboxylic acids is 1. The molecule has 0 spiro atoms. The summed E-state index contributed by atoms with van der Waals surface area (Å²) in [4.78, 5) is 12.0. The average Bonchev–Trinajstić information content (AvgIpc) is 2.39. The number of benzene rings is 1. The lowest BCUT2D eigenvalue weighted by Crippen LogP contribution is -2.23. The van der Waals surface area contributed by atoms with Crippen molar-refractivity contribution in [1.82, 2.24) is 0 Å². The van der Waals surface area contributed by atoms with Crippen molar-refractivity contribution in [3.8, 4) is 5.75 Å². The van der Waals surface area contributed by atoms with E-state index < -0.39 is 0 Å². The van der Waals surface area contributed by atoms with Crippen molar-refractivity contribution in [3.05, 3.63) is 24.3 Å². The zero-order chi connectivity index (χ0) is 13.4. The van der Waals surface area contributed by atoms with Gasteiger partial charge in [0.15, 0.2) is 0 Å². The first-order valence-corrected chi connectivity index (χ1v) is 6.99. The minimum absolute atomic E-state index is 0.0125. The molecule has 0 radical (unpaired) electrons. The molecule has 1 unspecified atom stereocenters. The number of amides is 1. The summed E-state index contributed by atoms with van der Waals surface area (Å²) in [6, 6.07) is 7.38. The molecular formula is C13H20N2O2S. The standard InChI is InChI=1S/C13H20N2O2S/c1-10(18-9-5-8-14)13(16)15-11-6-3-4-7-12(11)17-2/h3-4,6-7,10H,5,8-9,14H2,1-2H3,(H,15,16). The van der Waals surface area contributed by atoms with E-state index in [1.54, 1.807) is 18.9 Å². The largest absolute Gasteiger partial charge is 0.495 e. The van der Waals surface area contributed by atoms with Gasteiger partial charge in [0.1, 0.15) is 5.75 Å². The molecule has 4 nitrogen and oxygen atoms in total. The van der Waals surface area contributed by atoms with E-state index in [1.165, 1.54) is 0 Å². The molecule has 0 bridgehead atoms. The predicted molar refractivity (Wildman–Crippen MR) is 77.2 cm³/mol. The fourth-order valence-corrected chi connectivity index (χ4v) is 2.30. The van der Waals surface area contributed by atoms with Crippen molar-refractivity contribution < 1.29 is 9.53 Å². The van der Waals surface area contributed by atoms with Gasteiger partial charge >= 0.3 is 0 Å². The molecule has 0 aliphatic heterocycles. The van der Waals surface area contributed by atoms with Crippen molar-refractivity contribution in [3.63, 3.8) is 0 Å². The second kappa shape index (κ2) is 8.00. The van der Waals surface area contributed by atoms with Gasteiger partial charge in [0.25, 0.3) is 0 Å². The highest BCUT2D eigenvalue weighted by Crippen LogP contribution is 2.24. The van der Waals surface area contributed by atoms with E-state index in [2.05, 4.69) is 5.32 Å². The van der Waals surface area contributed by atoms with Crippen molar-refractivity contribution >= 4 is 23.4 Å². The number of ether oxygens (including phenoxy) is 1. The molecule has 18 heavy (non-hydrogen) atoms. The number of nitrogens with two attached hydrogens (primary N) is 1. The van der Waals surface area contributed by atoms with E-state index in [-0.39, 0.29) is 11.2 Å². The Morgan fingerprint density at radius 2 is 2.22 bits per heavy atom. The van der Waals surface area contributed by atoms with Gasteiger partial charge in [-0.3, -0.25) is 4.79 Å². The van der Waals surface area contributed by atoms with Gasteiger partial charge < -0.3 is 15.8 Å². The second-order valence-electron chi connectivity index (χ2n) is 3.84. The van der Waals surface area contributed by atoms with E-state index >= 15 is 0 Å². The topological polar surface area (TPSA) is 64.3 Å². The Hall–Kier alpha value is -1.20. The van der Waals surface area contributed by atoms with Crippen LogP contribution in [0.1, 0.15) is 13.3 Å². The van der Waals surface area contributed by atoms with E-state index in [9.17, 15) is 4.79 Å². The number of methoxy groups -OCH3 is 1. The van der Waals surface area contributed by atoms with Gasteiger partial charge in [-0.2, -0.15) is 0 Å². The molecule has 1 amide bonds. The second-order valence-corrected chi connectivity index (χ2v) is 5.29. The Morgan fingerprint density at radius 3 is 2.89 bits per heavy atom. The minimum atomic E-state index is -0.0959. The van der Waals surface area contributed by atoms with Crippen LogP contribution >= 0.6 is 11.8 Å². The molecule has 0 saturated carbocycles. The smallest absolute Gasteiger partial charge is 0.237 e. The van der Waals surface area contributed by atoms with Crippen LogP contribution in [0.3, 0.4) is 0 Å². The highest BCUT2D eigenvalue weighted by molar-refractivity contribution is 8.00. The number of hydrogen-bond donors (Lipinski definition) is 2. The van der Waals surface area contributed by atoms with Crippen LogP contribution in [0.15, 0.2) is 24.3 Å². The van der Waals surface area contributed by atoms with Crippen molar-refractivity contribution in [2.45, 2.75) is 18.6 Å². The molecule has 1 rings (SSSR count). The molecular weight excluding hydrogens is 248 g/mol. The molecule has 100 valence electrons. The molecule has 0 aliphatic rings. The lowest BCUT2D eigenvalue weighted by molar-refractivity contribution is -0.115. The van der Waals surface area contributed by atoms with Crippen LogP contribution in [-0.4, -0.2) is 30.6 Å². The van der Waals surface area contributed by atoms with E-state index in [0.717, 1.165) is 12.2 Å². The van der Waals surface area contributed by atoms with Gasteiger partial charge in [0.05, 0.1) is 18.0 Å². The summed E-state index contributed by atoms with van der Waals surface area (Å²) in [5.41, 5.74) is 6.13. The third-order valence-electron chi connectivity index (χ3n) is 2.45. The SMILES string of the molecule is COc1ccccc1NC(=O)C(C)SCCCN. The van der Waals surface area contributed by atoms with E-state index in [4.69, 9.17) is 10.5 Å². The van der Waals surface area contributed by atoms with Crippen LogP contribution in [0.25, 0.3) is 0 Å². The Morgan fingerprint density at radius 1 is 1.50 bits per heavy atom. The summed E-state index contributed by atoms with van der Waals surface area (Å²) >= 11 is 1.61. The predicted octanol–water partition coefficient (Wildman–Crippen LogP) is 2.10. The van der Waals surface area contributed by atoms with Crippen LogP contribution in [-0.2, 0) is 4.79 Å². The summed E-state index contributed by atoms with van der Waals surface area (Å²) in [7, 11) is 1.59. The quantitative estimate of drug-likeness (QED) is 0.743. The number of rotatable bonds is 7. The molecule has 0 aromatic heterocycles. The monoisotopic (exact) mass is 268 g/mol. The van der Waals surface area contributed by atoms with Gasteiger partial charge in [-0.1, -0.05) is 12.1 Å². The fraction of sp³-hybridized carbons (Fsp3) is 0.462. The Kier molecular flexibility index (Phi) is 6.60. The van der Waals surface area contributed by atoms with Gasteiger partial charge in [0, 0.05) is 0 Å². The summed E-state index contributed by atoms with van der Waals surface area (Å²) < 4.78 is 5.19. The van der Waals surface area contributed by atoms with Gasteiger partial charge in [-0.05, 0) is 37.8 Å². The van der Waals surface area contributed by atoms with Crippen LogP contribution in [0.4, 0.5) is 5.69 Å². The van der Waals surface area contributed by atoms with Crippen LogP contribution < -0.4 is 15.8 Å². The summed E-state index contributed by atoms with van der Waals surface area (Å²) in [5, 5.41) is 2.78. The first-order chi connectivity index (χ1) is 8.69. The maximum atomic E-state index is 12.0. The first-order valence-electron chi connectivity index (χ1n) is 5.94. The van der Waals surface area contributed by atoms with Crippen molar-refractivity contribution in [1.29, 1.82) is 0 Å². The van der Waals surface area contributed by atoms with E-state index in [1.807, 2.05) is 31.2 Å². The molecule has 1 aromatic carbocycles. The third kappa shape index (κ3) is 4.58. The fourth-order valence-electron chi connectivity index (χ4n) is 1.40. The molecule has 0 fully saturated rings. The average molecular weight is 268 g/mol. The highest BCUT2D eigenvalue weighted by atomic mass is 32.2. The molecule has 1 aromatic rings. The molecule has 1 atom stereocenters.